The molecular formula is C8H19NO2Si. The highest BCUT2D eigenvalue weighted by atomic mass is 28.4. The standard InChI is InChI=1S/C8H19NO2Si/c1-6-10-12(8-3,9(4)5)11-7-2/h8H,3,6-7H2,1-2,4-5H3. The molecule has 0 spiro atoms. The molecule has 4 heteroatoms. The highest BCUT2D eigenvalue weighted by molar-refractivity contribution is 6.69. The number of nitrogens with zero attached hydrogens (tertiary/aromatic N) is 1. The van der Waals surface area contributed by atoms with Gasteiger partial charge in [0.2, 0.25) is 0 Å². The predicted octanol–water partition coefficient (Wildman–Crippen LogP) is 1.29. The lowest BCUT2D eigenvalue weighted by Crippen LogP contribution is -2.54. The molecule has 0 aliphatic heterocycles. The zero-order valence-corrected chi connectivity index (χ0v) is 9.46. The second-order valence-corrected chi connectivity index (χ2v) is 5.74. The molecule has 3 nitrogen and oxygen atoms in total. The largest absolute Gasteiger partial charge is 0.454 e. The second-order valence-electron chi connectivity index (χ2n) is 2.60. The monoisotopic (exact) mass is 189 g/mol. The molecule has 0 atom stereocenters. The Morgan fingerprint density at radius 2 is 1.67 bits per heavy atom. The van der Waals surface area contributed by atoms with Gasteiger partial charge in [0.25, 0.3) is 0 Å². The number of hydrogen-bond acceptors (Lipinski definition) is 3. The van der Waals surface area contributed by atoms with Gasteiger partial charge in [-0.3, -0.25) is 4.57 Å². The maximum Gasteiger partial charge on any atom is 0.454 e. The Hall–Kier alpha value is -0.163. The number of rotatable bonds is 6. The van der Waals surface area contributed by atoms with Gasteiger partial charge in [0.05, 0.1) is 0 Å². The number of hydrogen-bond donors (Lipinski definition) is 0. The Balaban J connectivity index is 4.38. The van der Waals surface area contributed by atoms with Crippen molar-refractivity contribution >= 4 is 8.72 Å². The Morgan fingerprint density at radius 3 is 1.83 bits per heavy atom. The van der Waals surface area contributed by atoms with Gasteiger partial charge < -0.3 is 8.85 Å². The second kappa shape index (κ2) is 5.48. The van der Waals surface area contributed by atoms with Crippen LogP contribution in [0.1, 0.15) is 13.8 Å². The van der Waals surface area contributed by atoms with E-state index >= 15 is 0 Å². The Labute approximate surface area is 76.3 Å². The van der Waals surface area contributed by atoms with Crippen molar-refractivity contribution in [1.29, 1.82) is 0 Å². The molecule has 0 saturated carbocycles. The third-order valence-electron chi connectivity index (χ3n) is 1.58. The maximum atomic E-state index is 5.61. The molecule has 0 radical (unpaired) electrons. The normalized spacial score (nSPS) is 12.1. The molecule has 0 amide bonds. The van der Waals surface area contributed by atoms with Crippen molar-refractivity contribution < 1.29 is 8.85 Å². The maximum absolute atomic E-state index is 5.61. The molecule has 0 aromatic heterocycles. The zero-order chi connectivity index (χ0) is 9.61. The molecule has 0 aromatic carbocycles. The smallest absolute Gasteiger partial charge is 0.380 e. The molecule has 0 fully saturated rings. The van der Waals surface area contributed by atoms with E-state index in [-0.39, 0.29) is 0 Å². The Bertz CT molecular complexity index is 133. The molecule has 12 heavy (non-hydrogen) atoms. The van der Waals surface area contributed by atoms with Gasteiger partial charge in [-0.25, -0.2) is 0 Å². The summed E-state index contributed by atoms with van der Waals surface area (Å²) in [4.78, 5) is 0. The molecule has 0 aromatic rings. The van der Waals surface area contributed by atoms with Crippen LogP contribution < -0.4 is 0 Å². The van der Waals surface area contributed by atoms with Crippen molar-refractivity contribution in [2.45, 2.75) is 13.8 Å². The molecule has 0 saturated heterocycles. The summed E-state index contributed by atoms with van der Waals surface area (Å²) in [5, 5.41) is 0. The SMILES string of the molecule is C=C[Si](OCC)(OCC)N(C)C. The predicted molar refractivity (Wildman–Crippen MR) is 52.9 cm³/mol. The molecule has 0 unspecified atom stereocenters. The van der Waals surface area contributed by atoms with Crippen LogP contribution in [-0.2, 0) is 8.85 Å². The van der Waals surface area contributed by atoms with Gasteiger partial charge in [0, 0.05) is 13.2 Å². The average Bonchev–Trinajstić information content (AvgIpc) is 2.03. The summed E-state index contributed by atoms with van der Waals surface area (Å²) in [6, 6.07) is 0. The average molecular weight is 189 g/mol. The minimum Gasteiger partial charge on any atom is -0.380 e. The van der Waals surface area contributed by atoms with E-state index in [1.54, 1.807) is 5.70 Å². The van der Waals surface area contributed by atoms with Crippen LogP contribution in [0.25, 0.3) is 0 Å². The quantitative estimate of drug-likeness (QED) is 0.588. The minimum absolute atomic E-state index is 0.663. The molecule has 0 aliphatic carbocycles. The molecule has 0 rings (SSSR count). The van der Waals surface area contributed by atoms with E-state index in [1.807, 2.05) is 32.5 Å². The van der Waals surface area contributed by atoms with Crippen molar-refractivity contribution in [2.24, 2.45) is 0 Å². The lowest BCUT2D eigenvalue weighted by molar-refractivity contribution is 0.151. The van der Waals surface area contributed by atoms with E-state index in [1.165, 1.54) is 0 Å². The van der Waals surface area contributed by atoms with Crippen LogP contribution >= 0.6 is 0 Å². The van der Waals surface area contributed by atoms with Crippen LogP contribution in [0, 0.1) is 0 Å². The highest BCUT2D eigenvalue weighted by Crippen LogP contribution is 2.11. The summed E-state index contributed by atoms with van der Waals surface area (Å²) in [6.07, 6.45) is 0. The molecule has 0 bridgehead atoms. The molecule has 0 aliphatic rings. The Kier molecular flexibility index (Phi) is 5.40. The van der Waals surface area contributed by atoms with Crippen molar-refractivity contribution in [1.82, 2.24) is 4.57 Å². The molecule has 0 N–H and O–H groups in total. The van der Waals surface area contributed by atoms with Gasteiger partial charge in [-0.15, -0.1) is 6.58 Å². The van der Waals surface area contributed by atoms with Crippen LogP contribution in [0.4, 0.5) is 0 Å². The van der Waals surface area contributed by atoms with Crippen LogP contribution in [-0.4, -0.2) is 40.6 Å². The van der Waals surface area contributed by atoms with Gasteiger partial charge in [0.15, 0.2) is 0 Å². The Morgan fingerprint density at radius 1 is 1.25 bits per heavy atom. The lowest BCUT2D eigenvalue weighted by atomic mass is 10.9. The summed E-state index contributed by atoms with van der Waals surface area (Å²) >= 11 is 0. The molecular weight excluding hydrogens is 170 g/mol. The van der Waals surface area contributed by atoms with E-state index in [2.05, 4.69) is 6.58 Å². The molecule has 0 heterocycles. The molecule has 72 valence electrons. The van der Waals surface area contributed by atoms with Gasteiger partial charge in [-0.05, 0) is 33.6 Å². The first-order valence-corrected chi connectivity index (χ1v) is 6.06. The van der Waals surface area contributed by atoms with E-state index in [9.17, 15) is 0 Å². The fraction of sp³-hybridized carbons (Fsp3) is 0.750. The van der Waals surface area contributed by atoms with Gasteiger partial charge in [0.1, 0.15) is 0 Å². The van der Waals surface area contributed by atoms with Crippen LogP contribution in [0.3, 0.4) is 0 Å². The van der Waals surface area contributed by atoms with Crippen molar-refractivity contribution in [3.05, 3.63) is 12.3 Å². The first kappa shape index (κ1) is 11.8. The summed E-state index contributed by atoms with van der Waals surface area (Å²) in [6.45, 7) is 9.02. The first-order chi connectivity index (χ1) is 5.63. The highest BCUT2D eigenvalue weighted by Gasteiger charge is 2.37. The zero-order valence-electron chi connectivity index (χ0n) is 8.46. The summed E-state index contributed by atoms with van der Waals surface area (Å²) < 4.78 is 13.2. The van der Waals surface area contributed by atoms with Gasteiger partial charge in [-0.1, -0.05) is 0 Å². The van der Waals surface area contributed by atoms with Crippen LogP contribution in [0.2, 0.25) is 0 Å². The van der Waals surface area contributed by atoms with Crippen LogP contribution in [0.15, 0.2) is 12.3 Å². The summed E-state index contributed by atoms with van der Waals surface area (Å²) in [7, 11) is 1.67. The third-order valence-corrected chi connectivity index (χ3v) is 4.75. The first-order valence-electron chi connectivity index (χ1n) is 4.21. The van der Waals surface area contributed by atoms with E-state index in [0.717, 1.165) is 0 Å². The van der Waals surface area contributed by atoms with E-state index in [0.29, 0.717) is 13.2 Å². The topological polar surface area (TPSA) is 21.7 Å². The van der Waals surface area contributed by atoms with Crippen molar-refractivity contribution in [3.63, 3.8) is 0 Å². The lowest BCUT2D eigenvalue weighted by Gasteiger charge is -2.31. The third kappa shape index (κ3) is 2.71. The van der Waals surface area contributed by atoms with Gasteiger partial charge in [-0.2, -0.15) is 0 Å². The van der Waals surface area contributed by atoms with Gasteiger partial charge >= 0.3 is 8.72 Å². The van der Waals surface area contributed by atoms with Crippen molar-refractivity contribution in [2.75, 3.05) is 27.3 Å². The fourth-order valence-electron chi connectivity index (χ4n) is 1.01. The van der Waals surface area contributed by atoms with Crippen LogP contribution in [0.5, 0.6) is 0 Å². The van der Waals surface area contributed by atoms with E-state index < -0.39 is 8.72 Å². The summed E-state index contributed by atoms with van der Waals surface area (Å²) in [5.41, 5.74) is 1.81. The minimum atomic E-state index is -2.25. The van der Waals surface area contributed by atoms with Crippen molar-refractivity contribution in [3.8, 4) is 0 Å². The summed E-state index contributed by atoms with van der Waals surface area (Å²) in [5.74, 6) is 0. The van der Waals surface area contributed by atoms with E-state index in [4.69, 9.17) is 8.85 Å². The fourth-order valence-corrected chi connectivity index (χ4v) is 3.04.